The number of hydrogen-bond donors (Lipinski definition) is 3. The third-order valence-corrected chi connectivity index (χ3v) is 5.19. The second kappa shape index (κ2) is 5.80. The number of benzene rings is 1. The van der Waals surface area contributed by atoms with Crippen LogP contribution < -0.4 is 4.72 Å². The number of sulfonamides is 1. The second-order valence-electron chi connectivity index (χ2n) is 5.05. The van der Waals surface area contributed by atoms with Crippen molar-refractivity contribution in [1.29, 1.82) is 0 Å². The number of carboxylic acid groups (broad SMARTS) is 1. The maximum atomic E-state index is 12.2. The van der Waals surface area contributed by atoms with Crippen LogP contribution in [0.1, 0.15) is 29.8 Å². The Bertz CT molecular complexity index is 634. The Morgan fingerprint density at radius 1 is 1.40 bits per heavy atom. The van der Waals surface area contributed by atoms with Gasteiger partial charge in [-0.05, 0) is 54.4 Å². The van der Waals surface area contributed by atoms with Crippen molar-refractivity contribution in [2.24, 2.45) is 0 Å². The monoisotopic (exact) mass is 365 g/mol. The Hall–Kier alpha value is -0.960. The van der Waals surface area contributed by atoms with E-state index >= 15 is 0 Å². The fraction of sp³-hybridized carbons (Fsp3) is 0.417. The molecule has 0 radical (unpaired) electrons. The number of aliphatic hydroxyl groups is 1. The topological polar surface area (TPSA) is 104 Å². The third-order valence-electron chi connectivity index (χ3n) is 2.45. The normalized spacial score (nSPS) is 12.4. The molecule has 112 valence electrons. The first-order valence-corrected chi connectivity index (χ1v) is 7.97. The predicted molar refractivity (Wildman–Crippen MR) is 77.3 cm³/mol. The fourth-order valence-electron chi connectivity index (χ4n) is 1.41. The average Bonchev–Trinajstić information content (AvgIpc) is 2.28. The van der Waals surface area contributed by atoms with Crippen LogP contribution >= 0.6 is 15.9 Å². The number of nitrogens with one attached hydrogen (secondary N) is 1. The van der Waals surface area contributed by atoms with Crippen LogP contribution in [0, 0.1) is 6.92 Å². The van der Waals surface area contributed by atoms with Gasteiger partial charge in [0.15, 0.2) is 0 Å². The molecule has 0 heterocycles. The highest BCUT2D eigenvalue weighted by molar-refractivity contribution is 9.10. The molecular weight excluding hydrogens is 350 g/mol. The summed E-state index contributed by atoms with van der Waals surface area (Å²) in [6, 6.07) is 2.45. The van der Waals surface area contributed by atoms with Crippen molar-refractivity contribution < 1.29 is 23.4 Å². The van der Waals surface area contributed by atoms with Crippen molar-refractivity contribution in [3.8, 4) is 0 Å². The van der Waals surface area contributed by atoms with E-state index in [1.807, 2.05) is 0 Å². The Balaban J connectivity index is 3.27. The molecule has 20 heavy (non-hydrogen) atoms. The van der Waals surface area contributed by atoms with Crippen LogP contribution in [0.15, 0.2) is 21.5 Å². The zero-order chi connectivity index (χ0) is 15.7. The fourth-order valence-corrected chi connectivity index (χ4v) is 3.65. The van der Waals surface area contributed by atoms with Crippen LogP contribution in [0.4, 0.5) is 0 Å². The molecule has 1 aromatic rings. The number of aryl methyl sites for hydroxylation is 1. The van der Waals surface area contributed by atoms with Crippen molar-refractivity contribution in [2.45, 2.75) is 31.3 Å². The molecule has 0 unspecified atom stereocenters. The van der Waals surface area contributed by atoms with Crippen LogP contribution in [-0.4, -0.2) is 36.7 Å². The molecule has 3 N–H and O–H groups in total. The number of aromatic carboxylic acids is 1. The van der Waals surface area contributed by atoms with E-state index < -0.39 is 21.6 Å². The summed E-state index contributed by atoms with van der Waals surface area (Å²) in [7, 11) is -3.92. The van der Waals surface area contributed by atoms with Crippen LogP contribution in [0.3, 0.4) is 0 Å². The van der Waals surface area contributed by atoms with Crippen LogP contribution in [0.2, 0.25) is 0 Å². The summed E-state index contributed by atoms with van der Waals surface area (Å²) in [5.74, 6) is -1.21. The van der Waals surface area contributed by atoms with Gasteiger partial charge in [-0.1, -0.05) is 0 Å². The van der Waals surface area contributed by atoms with E-state index in [9.17, 15) is 18.3 Å². The number of hydrogen-bond acceptors (Lipinski definition) is 4. The van der Waals surface area contributed by atoms with E-state index in [1.165, 1.54) is 19.9 Å². The molecule has 0 saturated heterocycles. The van der Waals surface area contributed by atoms with Crippen molar-refractivity contribution in [2.75, 3.05) is 6.54 Å². The van der Waals surface area contributed by atoms with Gasteiger partial charge >= 0.3 is 5.97 Å². The van der Waals surface area contributed by atoms with Gasteiger partial charge in [-0.25, -0.2) is 17.9 Å². The van der Waals surface area contributed by atoms with Crippen molar-refractivity contribution >= 4 is 31.9 Å². The smallest absolute Gasteiger partial charge is 0.335 e. The number of rotatable bonds is 5. The summed E-state index contributed by atoms with van der Waals surface area (Å²) in [5.41, 5.74) is -0.832. The zero-order valence-electron chi connectivity index (χ0n) is 11.3. The maximum Gasteiger partial charge on any atom is 0.335 e. The van der Waals surface area contributed by atoms with E-state index in [4.69, 9.17) is 5.11 Å². The molecule has 0 spiro atoms. The molecule has 0 aliphatic carbocycles. The summed E-state index contributed by atoms with van der Waals surface area (Å²) >= 11 is 3.15. The quantitative estimate of drug-likeness (QED) is 0.733. The molecule has 6 nitrogen and oxygen atoms in total. The van der Waals surface area contributed by atoms with Crippen LogP contribution in [-0.2, 0) is 10.0 Å². The van der Waals surface area contributed by atoms with Gasteiger partial charge in [-0.3, -0.25) is 0 Å². The minimum Gasteiger partial charge on any atom is -0.478 e. The number of carboxylic acids is 1. The van der Waals surface area contributed by atoms with Gasteiger partial charge in [0.2, 0.25) is 10.0 Å². The number of carbonyl (C=O) groups is 1. The van der Waals surface area contributed by atoms with Gasteiger partial charge in [0.1, 0.15) is 0 Å². The van der Waals surface area contributed by atoms with E-state index in [-0.39, 0.29) is 17.0 Å². The Kier molecular flexibility index (Phi) is 4.96. The first kappa shape index (κ1) is 17.1. The van der Waals surface area contributed by atoms with Gasteiger partial charge in [0, 0.05) is 11.0 Å². The molecule has 0 bridgehead atoms. The third kappa shape index (κ3) is 4.27. The van der Waals surface area contributed by atoms with Gasteiger partial charge in [0.05, 0.1) is 16.1 Å². The SMILES string of the molecule is Cc1cc(C(=O)O)cc(S(=O)(=O)NCC(C)(C)O)c1Br. The lowest BCUT2D eigenvalue weighted by molar-refractivity contribution is 0.0696. The van der Waals surface area contributed by atoms with Gasteiger partial charge in [0.25, 0.3) is 0 Å². The van der Waals surface area contributed by atoms with Gasteiger partial charge < -0.3 is 10.2 Å². The van der Waals surface area contributed by atoms with Gasteiger partial charge in [-0.2, -0.15) is 0 Å². The summed E-state index contributed by atoms with van der Waals surface area (Å²) in [6.07, 6.45) is 0. The van der Waals surface area contributed by atoms with Crippen LogP contribution in [0.25, 0.3) is 0 Å². The van der Waals surface area contributed by atoms with Crippen LogP contribution in [0.5, 0.6) is 0 Å². The Morgan fingerprint density at radius 3 is 2.40 bits per heavy atom. The van der Waals surface area contributed by atoms with E-state index in [2.05, 4.69) is 20.7 Å². The summed E-state index contributed by atoms with van der Waals surface area (Å²) in [6.45, 7) is 4.34. The van der Waals surface area contributed by atoms with E-state index in [0.717, 1.165) is 6.07 Å². The maximum absolute atomic E-state index is 12.2. The van der Waals surface area contributed by atoms with E-state index in [1.54, 1.807) is 6.92 Å². The Labute approximate surface area is 126 Å². The van der Waals surface area contributed by atoms with Crippen molar-refractivity contribution in [3.05, 3.63) is 27.7 Å². The first-order valence-electron chi connectivity index (χ1n) is 5.69. The summed E-state index contributed by atoms with van der Waals surface area (Å²) < 4.78 is 26.9. The molecule has 8 heteroatoms. The molecular formula is C12H16BrNO5S. The highest BCUT2D eigenvalue weighted by atomic mass is 79.9. The average molecular weight is 366 g/mol. The molecule has 1 aromatic carbocycles. The minimum atomic E-state index is -3.92. The molecule has 0 atom stereocenters. The molecule has 0 amide bonds. The molecule has 0 aromatic heterocycles. The predicted octanol–water partition coefficient (Wildman–Crippen LogP) is 1.50. The lowest BCUT2D eigenvalue weighted by Gasteiger charge is -2.18. The van der Waals surface area contributed by atoms with Crippen molar-refractivity contribution in [1.82, 2.24) is 4.72 Å². The molecule has 0 aliphatic rings. The van der Waals surface area contributed by atoms with Crippen molar-refractivity contribution in [3.63, 3.8) is 0 Å². The molecule has 0 aliphatic heterocycles. The standard InChI is InChI=1S/C12H16BrNO5S/c1-7-4-8(11(15)16)5-9(10(7)13)20(18,19)14-6-12(2,3)17/h4-5,14,17H,6H2,1-3H3,(H,15,16). The zero-order valence-corrected chi connectivity index (χ0v) is 13.7. The number of halogens is 1. The molecule has 1 rings (SSSR count). The minimum absolute atomic E-state index is 0.116. The highest BCUT2D eigenvalue weighted by Crippen LogP contribution is 2.27. The van der Waals surface area contributed by atoms with E-state index in [0.29, 0.717) is 10.0 Å². The lowest BCUT2D eigenvalue weighted by Crippen LogP contribution is -2.38. The summed E-state index contributed by atoms with van der Waals surface area (Å²) in [5, 5.41) is 18.5. The second-order valence-corrected chi connectivity index (χ2v) is 7.58. The Morgan fingerprint density at radius 2 is 1.95 bits per heavy atom. The molecule has 0 saturated carbocycles. The first-order chi connectivity index (χ1) is 8.94. The largest absolute Gasteiger partial charge is 0.478 e. The summed E-state index contributed by atoms with van der Waals surface area (Å²) in [4.78, 5) is 10.8. The molecule has 0 fully saturated rings. The lowest BCUT2D eigenvalue weighted by atomic mass is 10.1. The van der Waals surface area contributed by atoms with Gasteiger partial charge in [-0.15, -0.1) is 0 Å². The highest BCUT2D eigenvalue weighted by Gasteiger charge is 2.24.